The molecule has 0 radical (unpaired) electrons. The minimum Gasteiger partial charge on any atom is -0.490 e. The first-order chi connectivity index (χ1) is 18.1. The minimum absolute atomic E-state index is 0.183. The van der Waals surface area contributed by atoms with Gasteiger partial charge in [0.2, 0.25) is 0 Å². The highest BCUT2D eigenvalue weighted by Crippen LogP contribution is 2.36. The van der Waals surface area contributed by atoms with E-state index in [9.17, 15) is 4.79 Å². The van der Waals surface area contributed by atoms with Crippen LogP contribution in [0.1, 0.15) is 18.1 Å². The van der Waals surface area contributed by atoms with Gasteiger partial charge in [0.25, 0.3) is 5.91 Å². The van der Waals surface area contributed by atoms with Crippen LogP contribution in [0.15, 0.2) is 86.7 Å². The van der Waals surface area contributed by atoms with Gasteiger partial charge in [-0.25, -0.2) is 5.43 Å². The Morgan fingerprint density at radius 2 is 1.84 bits per heavy atom. The van der Waals surface area contributed by atoms with Crippen LogP contribution >= 0.6 is 39.0 Å². The number of nitrogens with zero attached hydrogens (tertiary/aromatic N) is 3. The van der Waals surface area contributed by atoms with Crippen molar-refractivity contribution in [2.75, 3.05) is 19.0 Å². The summed E-state index contributed by atoms with van der Waals surface area (Å²) in [6.45, 7) is 2.93. The molecule has 10 heteroatoms. The summed E-state index contributed by atoms with van der Waals surface area (Å²) >= 11 is 6.35. The van der Waals surface area contributed by atoms with Crippen LogP contribution in [0.2, 0.25) is 0 Å². The number of carbonyl (C=O) groups is 1. The molecule has 0 spiro atoms. The van der Waals surface area contributed by atoms with Crippen LogP contribution in [0, 0.1) is 0 Å². The van der Waals surface area contributed by atoms with Gasteiger partial charge in [-0.1, -0.05) is 83.8 Å². The zero-order valence-electron chi connectivity index (χ0n) is 20.1. The first-order valence-corrected chi connectivity index (χ1v) is 14.2. The van der Waals surface area contributed by atoms with Crippen molar-refractivity contribution in [2.24, 2.45) is 5.10 Å². The summed E-state index contributed by atoms with van der Waals surface area (Å²) in [7, 11) is 0. The number of halogens is 1. The number of nitrogens with one attached hydrogen (secondary N) is 1. The normalized spacial score (nSPS) is 11.0. The predicted molar refractivity (Wildman–Crippen MR) is 153 cm³/mol. The Kier molecular flexibility index (Phi) is 10.1. The van der Waals surface area contributed by atoms with Crippen LogP contribution in [0.3, 0.4) is 0 Å². The van der Waals surface area contributed by atoms with E-state index in [-0.39, 0.29) is 11.7 Å². The van der Waals surface area contributed by atoms with Gasteiger partial charge in [-0.3, -0.25) is 4.79 Å². The monoisotopic (exact) mass is 596 g/mol. The zero-order chi connectivity index (χ0) is 25.9. The Hall–Kier alpha value is -3.21. The molecule has 0 fully saturated rings. The molecule has 0 saturated carbocycles. The molecule has 0 aliphatic heterocycles. The standard InChI is InChI=1S/C27H25BrN4O3S2/c1-2-34-23-16-20(15-22(28)25(23)35-14-13-19-9-5-3-6-10-19)17-29-30-24(33)18-36-27-32-31-26(37-27)21-11-7-4-8-12-21/h3-12,15-17H,2,13-14,18H2,1H3,(H,30,33). The molecule has 4 aromatic rings. The summed E-state index contributed by atoms with van der Waals surface area (Å²) in [6.07, 6.45) is 2.36. The van der Waals surface area contributed by atoms with Crippen LogP contribution in [-0.4, -0.2) is 41.3 Å². The van der Waals surface area contributed by atoms with Gasteiger partial charge < -0.3 is 9.47 Å². The fourth-order valence-corrected chi connectivity index (χ4v) is 5.51. The summed E-state index contributed by atoms with van der Waals surface area (Å²) in [5.41, 5.74) is 5.53. The maximum atomic E-state index is 12.3. The molecule has 1 N–H and O–H groups in total. The molecule has 0 bridgehead atoms. The molecule has 0 aliphatic rings. The molecule has 190 valence electrons. The van der Waals surface area contributed by atoms with Gasteiger partial charge in [0.1, 0.15) is 5.01 Å². The van der Waals surface area contributed by atoms with Crippen LogP contribution < -0.4 is 14.9 Å². The SMILES string of the molecule is CCOc1cc(C=NNC(=O)CSc2nnc(-c3ccccc3)s2)cc(Br)c1OCCc1ccccc1. The molecular weight excluding hydrogens is 572 g/mol. The second kappa shape index (κ2) is 13.9. The quantitative estimate of drug-likeness (QED) is 0.118. The summed E-state index contributed by atoms with van der Waals surface area (Å²) in [5, 5.41) is 13.3. The van der Waals surface area contributed by atoms with Gasteiger partial charge in [0.05, 0.1) is 29.7 Å². The fourth-order valence-electron chi connectivity index (χ4n) is 3.28. The number of rotatable bonds is 12. The van der Waals surface area contributed by atoms with Crippen molar-refractivity contribution in [1.82, 2.24) is 15.6 Å². The minimum atomic E-state index is -0.234. The first-order valence-electron chi connectivity index (χ1n) is 11.6. The van der Waals surface area contributed by atoms with E-state index in [0.717, 1.165) is 31.4 Å². The zero-order valence-corrected chi connectivity index (χ0v) is 23.3. The Bertz CT molecular complexity index is 1330. The molecule has 0 saturated heterocycles. The van der Waals surface area contributed by atoms with Gasteiger partial charge in [-0.05, 0) is 46.1 Å². The number of hydrogen-bond acceptors (Lipinski definition) is 8. The van der Waals surface area contributed by atoms with E-state index >= 15 is 0 Å². The van der Waals surface area contributed by atoms with E-state index in [4.69, 9.17) is 9.47 Å². The lowest BCUT2D eigenvalue weighted by molar-refractivity contribution is -0.118. The number of hydrazone groups is 1. The van der Waals surface area contributed by atoms with Crippen LogP contribution in [0.4, 0.5) is 0 Å². The summed E-state index contributed by atoms with van der Waals surface area (Å²) < 4.78 is 13.3. The van der Waals surface area contributed by atoms with Gasteiger partial charge in [-0.15, -0.1) is 10.2 Å². The molecule has 37 heavy (non-hydrogen) atoms. The second-order valence-electron chi connectivity index (χ2n) is 7.67. The number of thioether (sulfide) groups is 1. The second-order valence-corrected chi connectivity index (χ2v) is 10.7. The Morgan fingerprint density at radius 3 is 2.59 bits per heavy atom. The number of aromatic nitrogens is 2. The summed E-state index contributed by atoms with van der Waals surface area (Å²) in [4.78, 5) is 12.3. The van der Waals surface area contributed by atoms with E-state index in [1.165, 1.54) is 28.7 Å². The number of benzene rings is 3. The molecule has 1 heterocycles. The molecule has 1 aromatic heterocycles. The van der Waals surface area contributed by atoms with Crippen molar-refractivity contribution in [1.29, 1.82) is 0 Å². The number of amides is 1. The van der Waals surface area contributed by atoms with Crippen molar-refractivity contribution in [3.05, 3.63) is 88.4 Å². The number of carbonyl (C=O) groups excluding carboxylic acids is 1. The van der Waals surface area contributed by atoms with Crippen molar-refractivity contribution in [3.63, 3.8) is 0 Å². The van der Waals surface area contributed by atoms with Crippen LogP contribution in [0.5, 0.6) is 11.5 Å². The fraction of sp³-hybridized carbons (Fsp3) is 0.185. The third-order valence-corrected chi connectivity index (χ3v) is 7.66. The van der Waals surface area contributed by atoms with E-state index in [1.807, 2.05) is 67.6 Å². The highest BCUT2D eigenvalue weighted by Gasteiger charge is 2.13. The van der Waals surface area contributed by atoms with Crippen molar-refractivity contribution in [2.45, 2.75) is 17.7 Å². The predicted octanol–water partition coefficient (Wildman–Crippen LogP) is 6.23. The lowest BCUT2D eigenvalue weighted by Crippen LogP contribution is -2.19. The average molecular weight is 598 g/mol. The number of hydrogen-bond donors (Lipinski definition) is 1. The topological polar surface area (TPSA) is 85.7 Å². The number of ether oxygens (including phenoxy) is 2. The van der Waals surface area contributed by atoms with Crippen LogP contribution in [-0.2, 0) is 11.2 Å². The summed E-state index contributed by atoms with van der Waals surface area (Å²) in [6, 6.07) is 23.7. The van der Waals surface area contributed by atoms with E-state index < -0.39 is 0 Å². The average Bonchev–Trinajstić information content (AvgIpc) is 3.39. The van der Waals surface area contributed by atoms with E-state index in [2.05, 4.69) is 48.8 Å². The maximum Gasteiger partial charge on any atom is 0.250 e. The smallest absolute Gasteiger partial charge is 0.250 e. The highest BCUT2D eigenvalue weighted by molar-refractivity contribution is 9.10. The Balaban J connectivity index is 1.30. The molecule has 1 amide bonds. The van der Waals surface area contributed by atoms with Gasteiger partial charge in [-0.2, -0.15) is 5.10 Å². The third kappa shape index (κ3) is 8.14. The Morgan fingerprint density at radius 1 is 1.08 bits per heavy atom. The molecule has 4 rings (SSSR count). The lowest BCUT2D eigenvalue weighted by atomic mass is 10.2. The molecular formula is C27H25BrN4O3S2. The first kappa shape index (κ1) is 26.8. The highest BCUT2D eigenvalue weighted by atomic mass is 79.9. The molecule has 3 aromatic carbocycles. The van der Waals surface area contributed by atoms with Crippen molar-refractivity contribution < 1.29 is 14.3 Å². The van der Waals surface area contributed by atoms with Gasteiger partial charge >= 0.3 is 0 Å². The molecule has 0 atom stereocenters. The summed E-state index contributed by atoms with van der Waals surface area (Å²) in [5.74, 6) is 1.20. The van der Waals surface area contributed by atoms with Crippen molar-refractivity contribution in [3.8, 4) is 22.1 Å². The van der Waals surface area contributed by atoms with Crippen LogP contribution in [0.25, 0.3) is 10.6 Å². The third-order valence-electron chi connectivity index (χ3n) is 4.97. The van der Waals surface area contributed by atoms with E-state index in [1.54, 1.807) is 6.21 Å². The largest absolute Gasteiger partial charge is 0.490 e. The van der Waals surface area contributed by atoms with Gasteiger partial charge in [0.15, 0.2) is 15.8 Å². The maximum absolute atomic E-state index is 12.3. The van der Waals surface area contributed by atoms with E-state index in [0.29, 0.717) is 24.7 Å². The molecule has 0 unspecified atom stereocenters. The lowest BCUT2D eigenvalue weighted by Gasteiger charge is -2.14. The van der Waals surface area contributed by atoms with Gasteiger partial charge in [0, 0.05) is 12.0 Å². The Labute approximate surface area is 232 Å². The molecule has 7 nitrogen and oxygen atoms in total. The van der Waals surface area contributed by atoms with Crippen molar-refractivity contribution >= 4 is 51.2 Å². The molecule has 0 aliphatic carbocycles.